The number of aromatic nitrogens is 2. The molecule has 0 aliphatic rings. The van der Waals surface area contributed by atoms with Crippen molar-refractivity contribution in [2.24, 2.45) is 0 Å². The summed E-state index contributed by atoms with van der Waals surface area (Å²) >= 11 is 7.38. The van der Waals surface area contributed by atoms with Gasteiger partial charge in [-0.1, -0.05) is 41.6 Å². The van der Waals surface area contributed by atoms with E-state index in [1.807, 2.05) is 19.1 Å². The van der Waals surface area contributed by atoms with E-state index in [-0.39, 0.29) is 4.90 Å². The molecule has 0 atom stereocenters. The Morgan fingerprint density at radius 2 is 1.62 bits per heavy atom. The van der Waals surface area contributed by atoms with Crippen LogP contribution in [0.3, 0.4) is 0 Å². The molecule has 0 radical (unpaired) electrons. The summed E-state index contributed by atoms with van der Waals surface area (Å²) in [6, 6.07) is 15.7. The lowest BCUT2D eigenvalue weighted by Crippen LogP contribution is -2.16. The van der Waals surface area contributed by atoms with Crippen molar-refractivity contribution >= 4 is 33.4 Å². The maximum Gasteiger partial charge on any atom is 0.283 e. The standard InChI is InChI=1S/C17H15ClN2O2S2/c1-12-17(23-15-10-8-14(18)9-11-15)13(2)20(19-12)24(21,22)16-6-4-3-5-7-16/h3-11H,1-2H3. The summed E-state index contributed by atoms with van der Waals surface area (Å²) in [5.41, 5.74) is 1.27. The lowest BCUT2D eigenvalue weighted by Gasteiger charge is -2.07. The van der Waals surface area contributed by atoms with Gasteiger partial charge in [0.1, 0.15) is 0 Å². The Morgan fingerprint density at radius 3 is 2.25 bits per heavy atom. The SMILES string of the molecule is Cc1nn(S(=O)(=O)c2ccccc2)c(C)c1Sc1ccc(Cl)cc1. The minimum Gasteiger partial charge on any atom is -0.199 e. The van der Waals surface area contributed by atoms with Crippen LogP contribution in [0.25, 0.3) is 0 Å². The predicted octanol–water partition coefficient (Wildman–Crippen LogP) is 4.54. The zero-order valence-corrected chi connectivity index (χ0v) is 15.5. The number of benzene rings is 2. The largest absolute Gasteiger partial charge is 0.283 e. The van der Waals surface area contributed by atoms with Gasteiger partial charge in [-0.25, -0.2) is 0 Å². The average Bonchev–Trinajstić information content (AvgIpc) is 2.86. The number of rotatable bonds is 4. The zero-order valence-electron chi connectivity index (χ0n) is 13.1. The van der Waals surface area contributed by atoms with Gasteiger partial charge in [0.2, 0.25) is 0 Å². The molecule has 7 heteroatoms. The molecule has 0 saturated heterocycles. The summed E-state index contributed by atoms with van der Waals surface area (Å²) in [6.07, 6.45) is 0. The van der Waals surface area contributed by atoms with Crippen LogP contribution in [-0.4, -0.2) is 17.6 Å². The van der Waals surface area contributed by atoms with E-state index >= 15 is 0 Å². The van der Waals surface area contributed by atoms with Crippen molar-refractivity contribution in [1.82, 2.24) is 9.19 Å². The van der Waals surface area contributed by atoms with E-state index in [9.17, 15) is 8.42 Å². The molecular formula is C17H15ClN2O2S2. The van der Waals surface area contributed by atoms with Crippen molar-refractivity contribution in [3.8, 4) is 0 Å². The molecular weight excluding hydrogens is 364 g/mol. The van der Waals surface area contributed by atoms with E-state index in [0.29, 0.717) is 16.4 Å². The molecule has 0 unspecified atom stereocenters. The molecule has 0 aliphatic carbocycles. The fraction of sp³-hybridized carbons (Fsp3) is 0.118. The quantitative estimate of drug-likeness (QED) is 0.668. The zero-order chi connectivity index (χ0) is 17.3. The molecule has 0 amide bonds. The lowest BCUT2D eigenvalue weighted by molar-refractivity contribution is 0.577. The van der Waals surface area contributed by atoms with Crippen LogP contribution in [0.5, 0.6) is 0 Å². The summed E-state index contributed by atoms with van der Waals surface area (Å²) in [5.74, 6) is 0. The normalized spacial score (nSPS) is 11.6. The van der Waals surface area contributed by atoms with E-state index in [4.69, 9.17) is 11.6 Å². The highest BCUT2D eigenvalue weighted by Crippen LogP contribution is 2.34. The highest BCUT2D eigenvalue weighted by Gasteiger charge is 2.23. The van der Waals surface area contributed by atoms with Crippen molar-refractivity contribution in [3.05, 3.63) is 71.0 Å². The highest BCUT2D eigenvalue weighted by molar-refractivity contribution is 7.99. The van der Waals surface area contributed by atoms with Crippen LogP contribution in [0.15, 0.2) is 69.3 Å². The summed E-state index contributed by atoms with van der Waals surface area (Å²) in [5, 5.41) is 4.92. The maximum atomic E-state index is 12.8. The Balaban J connectivity index is 2.02. The summed E-state index contributed by atoms with van der Waals surface area (Å²) in [7, 11) is -3.70. The van der Waals surface area contributed by atoms with Gasteiger partial charge in [0.25, 0.3) is 10.0 Å². The molecule has 1 heterocycles. The van der Waals surface area contributed by atoms with Crippen LogP contribution < -0.4 is 0 Å². The molecule has 2 aromatic carbocycles. The van der Waals surface area contributed by atoms with Crippen molar-refractivity contribution in [3.63, 3.8) is 0 Å². The number of hydrogen-bond acceptors (Lipinski definition) is 4. The number of halogens is 1. The van der Waals surface area contributed by atoms with Crippen LogP contribution in [-0.2, 0) is 10.0 Å². The molecule has 4 nitrogen and oxygen atoms in total. The summed E-state index contributed by atoms with van der Waals surface area (Å²) in [4.78, 5) is 2.03. The van der Waals surface area contributed by atoms with Gasteiger partial charge in [-0.05, 0) is 50.2 Å². The van der Waals surface area contributed by atoms with Crippen LogP contribution in [0.1, 0.15) is 11.4 Å². The first-order valence-corrected chi connectivity index (χ1v) is 9.83. The molecule has 0 N–H and O–H groups in total. The second kappa shape index (κ2) is 6.63. The van der Waals surface area contributed by atoms with Gasteiger partial charge in [0.15, 0.2) is 0 Å². The maximum absolute atomic E-state index is 12.8. The summed E-state index contributed by atoms with van der Waals surface area (Å²) < 4.78 is 26.7. The molecule has 1 aromatic heterocycles. The first kappa shape index (κ1) is 17.1. The average molecular weight is 379 g/mol. The van der Waals surface area contributed by atoms with Gasteiger partial charge in [-0.15, -0.1) is 0 Å². The fourth-order valence-corrected chi connectivity index (χ4v) is 4.80. The van der Waals surface area contributed by atoms with Crippen LogP contribution in [0.4, 0.5) is 0 Å². The molecule has 0 aliphatic heterocycles. The van der Waals surface area contributed by atoms with E-state index in [2.05, 4.69) is 5.10 Å². The van der Waals surface area contributed by atoms with Gasteiger partial charge in [0.05, 0.1) is 21.2 Å². The van der Waals surface area contributed by atoms with Crippen LogP contribution >= 0.6 is 23.4 Å². The van der Waals surface area contributed by atoms with Crippen LogP contribution in [0.2, 0.25) is 5.02 Å². The number of hydrogen-bond donors (Lipinski definition) is 0. The second-order valence-electron chi connectivity index (χ2n) is 5.22. The predicted molar refractivity (Wildman–Crippen MR) is 96.3 cm³/mol. The third kappa shape index (κ3) is 3.22. The topological polar surface area (TPSA) is 52.0 Å². The Kier molecular flexibility index (Phi) is 4.71. The molecule has 0 fully saturated rings. The second-order valence-corrected chi connectivity index (χ2v) is 8.50. The Bertz CT molecular complexity index is 966. The molecule has 0 spiro atoms. The van der Waals surface area contributed by atoms with Gasteiger partial charge >= 0.3 is 0 Å². The first-order valence-electron chi connectivity index (χ1n) is 7.20. The van der Waals surface area contributed by atoms with E-state index in [0.717, 1.165) is 13.9 Å². The van der Waals surface area contributed by atoms with Crippen molar-refractivity contribution in [2.75, 3.05) is 0 Å². The molecule has 24 heavy (non-hydrogen) atoms. The smallest absolute Gasteiger partial charge is 0.199 e. The number of nitrogens with zero attached hydrogens (tertiary/aromatic N) is 2. The van der Waals surface area contributed by atoms with E-state index in [1.54, 1.807) is 49.4 Å². The molecule has 0 saturated carbocycles. The lowest BCUT2D eigenvalue weighted by atomic mass is 10.4. The van der Waals surface area contributed by atoms with E-state index < -0.39 is 10.0 Å². The molecule has 0 bridgehead atoms. The minimum absolute atomic E-state index is 0.221. The summed E-state index contributed by atoms with van der Waals surface area (Å²) in [6.45, 7) is 3.57. The number of aryl methyl sites for hydroxylation is 1. The third-order valence-corrected chi connectivity index (χ3v) is 6.72. The third-order valence-electron chi connectivity index (χ3n) is 3.49. The van der Waals surface area contributed by atoms with Crippen molar-refractivity contribution < 1.29 is 8.42 Å². The molecule has 124 valence electrons. The van der Waals surface area contributed by atoms with Gasteiger partial charge in [-0.3, -0.25) is 0 Å². The molecule has 3 aromatic rings. The Morgan fingerprint density at radius 1 is 1.00 bits per heavy atom. The van der Waals surface area contributed by atoms with E-state index in [1.165, 1.54) is 11.8 Å². The van der Waals surface area contributed by atoms with Crippen molar-refractivity contribution in [2.45, 2.75) is 28.5 Å². The van der Waals surface area contributed by atoms with Crippen molar-refractivity contribution in [1.29, 1.82) is 0 Å². The van der Waals surface area contributed by atoms with Gasteiger partial charge in [0, 0.05) is 9.92 Å². The minimum atomic E-state index is -3.70. The van der Waals surface area contributed by atoms with Gasteiger partial charge in [-0.2, -0.15) is 17.6 Å². The fourth-order valence-electron chi connectivity index (χ4n) is 2.30. The Labute approximate surface area is 150 Å². The molecule has 3 rings (SSSR count). The first-order chi connectivity index (χ1) is 11.4. The Hall–Kier alpha value is -1.76. The monoisotopic (exact) mass is 378 g/mol. The van der Waals surface area contributed by atoms with Gasteiger partial charge < -0.3 is 0 Å². The highest BCUT2D eigenvalue weighted by atomic mass is 35.5. The van der Waals surface area contributed by atoms with Crippen LogP contribution in [0, 0.1) is 13.8 Å².